The summed E-state index contributed by atoms with van der Waals surface area (Å²) in [4.78, 5) is 13.6. The van der Waals surface area contributed by atoms with Gasteiger partial charge in [0.2, 0.25) is 0 Å². The van der Waals surface area contributed by atoms with Crippen molar-refractivity contribution < 1.29 is 27.4 Å². The monoisotopic (exact) mass is 443 g/mol. The largest absolute Gasteiger partial charge is 0.411 e. The fourth-order valence-electron chi connectivity index (χ4n) is 4.01. The van der Waals surface area contributed by atoms with Crippen molar-refractivity contribution in [2.75, 3.05) is 19.8 Å². The summed E-state index contributed by atoms with van der Waals surface area (Å²) >= 11 is 0. The average Bonchev–Trinajstić information content (AvgIpc) is 2.75. The molecule has 1 fully saturated rings. The number of hydrogen-bond donors (Lipinski definition) is 0. The molecule has 0 radical (unpaired) electrons. The van der Waals surface area contributed by atoms with E-state index in [1.165, 1.54) is 25.7 Å². The molecule has 0 saturated carbocycles. The summed E-state index contributed by atoms with van der Waals surface area (Å²) in [6, 6.07) is 5.99. The van der Waals surface area contributed by atoms with Crippen molar-refractivity contribution in [3.63, 3.8) is 0 Å². The number of rotatable bonds is 15. The van der Waals surface area contributed by atoms with E-state index in [0.717, 1.165) is 24.2 Å². The summed E-state index contributed by atoms with van der Waals surface area (Å²) in [5, 5.41) is 0. The van der Waals surface area contributed by atoms with Gasteiger partial charge in [0.05, 0.1) is 12.6 Å². The van der Waals surface area contributed by atoms with Crippen LogP contribution in [-0.2, 0) is 14.3 Å². The van der Waals surface area contributed by atoms with Gasteiger partial charge >= 0.3 is 6.18 Å². The van der Waals surface area contributed by atoms with Crippen LogP contribution in [0.2, 0.25) is 0 Å². The van der Waals surface area contributed by atoms with Gasteiger partial charge in [-0.1, -0.05) is 82.2 Å². The number of halogens is 3. The van der Waals surface area contributed by atoms with Crippen LogP contribution in [0.25, 0.3) is 0 Å². The average molecular weight is 444 g/mol. The highest BCUT2D eigenvalue weighted by Gasteiger charge is 2.63. The Balaban J connectivity index is 1.92. The van der Waals surface area contributed by atoms with E-state index >= 15 is 0 Å². The quantitative estimate of drug-likeness (QED) is 0.244. The number of unbranched alkanes of at least 4 members (excludes halogenated alkanes) is 7. The Labute approximate surface area is 184 Å². The number of alkyl halides is 3. The van der Waals surface area contributed by atoms with Gasteiger partial charge in [0.1, 0.15) is 0 Å². The second-order valence-electron chi connectivity index (χ2n) is 8.08. The Morgan fingerprint density at radius 3 is 2.16 bits per heavy atom. The molecule has 176 valence electrons. The molecule has 1 amide bonds. The third kappa shape index (κ3) is 7.49. The molecule has 31 heavy (non-hydrogen) atoms. The lowest BCUT2D eigenvalue weighted by Crippen LogP contribution is -2.72. The second-order valence-corrected chi connectivity index (χ2v) is 8.08. The van der Waals surface area contributed by atoms with E-state index in [-0.39, 0.29) is 13.2 Å². The molecule has 1 aliphatic rings. The van der Waals surface area contributed by atoms with Gasteiger partial charge in [-0.3, -0.25) is 4.79 Å². The van der Waals surface area contributed by atoms with Gasteiger partial charge in [0.15, 0.2) is 12.1 Å². The molecule has 2 rings (SSSR count). The number of hydrogen-bond acceptors (Lipinski definition) is 3. The summed E-state index contributed by atoms with van der Waals surface area (Å²) in [6.45, 7) is 4.50. The van der Waals surface area contributed by atoms with Gasteiger partial charge in [-0.05, 0) is 18.9 Å². The first kappa shape index (κ1) is 25.7. The normalized spacial score (nSPS) is 20.0. The molecular weight excluding hydrogens is 407 g/mol. The number of benzene rings is 1. The Hall–Kier alpha value is -1.60. The highest BCUT2D eigenvalue weighted by molar-refractivity contribution is 5.89. The molecule has 4 nitrogen and oxygen atoms in total. The lowest BCUT2D eigenvalue weighted by Gasteiger charge is -2.50. The zero-order valence-electron chi connectivity index (χ0n) is 18.7. The summed E-state index contributed by atoms with van der Waals surface area (Å²) in [7, 11) is 0. The van der Waals surface area contributed by atoms with Crippen molar-refractivity contribution in [2.45, 2.75) is 89.6 Å². The number of likely N-dealkylation sites (tertiary alicyclic amines) is 1. The molecule has 1 saturated heterocycles. The lowest BCUT2D eigenvalue weighted by atomic mass is 9.91. The predicted octanol–water partition coefficient (Wildman–Crippen LogP) is 6.06. The number of nitrogens with zero attached hydrogens (tertiary/aromatic N) is 1. The molecule has 7 heteroatoms. The summed E-state index contributed by atoms with van der Waals surface area (Å²) in [5.41, 5.74) is 0.625. The van der Waals surface area contributed by atoms with Crippen molar-refractivity contribution in [3.8, 4) is 0 Å². The summed E-state index contributed by atoms with van der Waals surface area (Å²) in [5.74, 6) is -0.615. The van der Waals surface area contributed by atoms with E-state index in [4.69, 9.17) is 9.47 Å². The fraction of sp³-hybridized carbons (Fsp3) is 0.708. The van der Waals surface area contributed by atoms with E-state index in [9.17, 15) is 18.0 Å². The molecule has 0 spiro atoms. The van der Waals surface area contributed by atoms with Gasteiger partial charge in [0.25, 0.3) is 5.91 Å². The van der Waals surface area contributed by atoms with E-state index < -0.39 is 30.3 Å². The van der Waals surface area contributed by atoms with Gasteiger partial charge in [-0.2, -0.15) is 13.2 Å². The molecule has 1 heterocycles. The van der Waals surface area contributed by atoms with Gasteiger partial charge in [0, 0.05) is 13.2 Å². The standard InChI is InChI=1S/C24H36F3NO3/c1-3-5-6-7-8-9-10-14-17-31-21-22(24(25,26)27)28(23(21)29)20(18-30-4-2)19-15-12-11-13-16-19/h11-13,15-16,20-22H,3-10,14,17-18H2,1-2H3. The highest BCUT2D eigenvalue weighted by atomic mass is 19.4. The minimum absolute atomic E-state index is 0.0174. The van der Waals surface area contributed by atoms with Crippen LogP contribution in [-0.4, -0.2) is 48.9 Å². The molecule has 1 aliphatic heterocycles. The minimum atomic E-state index is -4.56. The Morgan fingerprint density at radius 1 is 0.968 bits per heavy atom. The number of carbonyl (C=O) groups is 1. The van der Waals surface area contributed by atoms with Crippen molar-refractivity contribution in [2.24, 2.45) is 0 Å². The van der Waals surface area contributed by atoms with Crippen LogP contribution in [0.3, 0.4) is 0 Å². The van der Waals surface area contributed by atoms with E-state index in [1.807, 2.05) is 0 Å². The number of amides is 1. The zero-order valence-corrected chi connectivity index (χ0v) is 18.7. The molecule has 3 atom stereocenters. The van der Waals surface area contributed by atoms with Crippen molar-refractivity contribution >= 4 is 5.91 Å². The first-order valence-electron chi connectivity index (χ1n) is 11.5. The summed E-state index contributed by atoms with van der Waals surface area (Å²) in [6.07, 6.45) is 2.62. The molecule has 0 bridgehead atoms. The third-order valence-electron chi connectivity index (χ3n) is 5.71. The predicted molar refractivity (Wildman–Crippen MR) is 115 cm³/mol. The first-order valence-corrected chi connectivity index (χ1v) is 11.5. The number of carbonyl (C=O) groups excluding carboxylic acids is 1. The number of β-lactam (4-membered cyclic amide) rings is 1. The minimum Gasteiger partial charge on any atom is -0.379 e. The Morgan fingerprint density at radius 2 is 1.58 bits per heavy atom. The maximum absolute atomic E-state index is 13.8. The van der Waals surface area contributed by atoms with E-state index in [1.54, 1.807) is 37.3 Å². The van der Waals surface area contributed by atoms with Gasteiger partial charge < -0.3 is 14.4 Å². The van der Waals surface area contributed by atoms with Crippen LogP contribution in [0.5, 0.6) is 0 Å². The van der Waals surface area contributed by atoms with E-state index in [2.05, 4.69) is 6.92 Å². The van der Waals surface area contributed by atoms with Crippen LogP contribution < -0.4 is 0 Å². The smallest absolute Gasteiger partial charge is 0.379 e. The maximum Gasteiger partial charge on any atom is 0.411 e. The van der Waals surface area contributed by atoms with Gasteiger partial charge in [-0.25, -0.2) is 0 Å². The summed E-state index contributed by atoms with van der Waals surface area (Å²) < 4.78 is 52.4. The molecule has 0 N–H and O–H groups in total. The third-order valence-corrected chi connectivity index (χ3v) is 5.71. The Kier molecular flexibility index (Phi) is 10.8. The first-order chi connectivity index (χ1) is 14.9. The van der Waals surface area contributed by atoms with Crippen LogP contribution in [0.1, 0.15) is 76.8 Å². The highest BCUT2D eigenvalue weighted by Crippen LogP contribution is 2.42. The van der Waals surface area contributed by atoms with Gasteiger partial charge in [-0.15, -0.1) is 0 Å². The van der Waals surface area contributed by atoms with Crippen LogP contribution >= 0.6 is 0 Å². The molecule has 0 aliphatic carbocycles. The molecule has 3 unspecified atom stereocenters. The van der Waals surface area contributed by atoms with Crippen LogP contribution in [0.15, 0.2) is 30.3 Å². The van der Waals surface area contributed by atoms with Crippen LogP contribution in [0.4, 0.5) is 13.2 Å². The molecular formula is C24H36F3NO3. The maximum atomic E-state index is 13.8. The lowest BCUT2D eigenvalue weighted by molar-refractivity contribution is -0.257. The fourth-order valence-corrected chi connectivity index (χ4v) is 4.01. The number of ether oxygens (including phenoxy) is 2. The molecule has 1 aromatic carbocycles. The molecule has 1 aromatic rings. The van der Waals surface area contributed by atoms with Crippen molar-refractivity contribution in [1.82, 2.24) is 4.90 Å². The second kappa shape index (κ2) is 13.1. The van der Waals surface area contributed by atoms with E-state index in [0.29, 0.717) is 18.6 Å². The van der Waals surface area contributed by atoms with Crippen molar-refractivity contribution in [1.29, 1.82) is 0 Å². The van der Waals surface area contributed by atoms with Crippen LogP contribution in [0, 0.1) is 0 Å². The topological polar surface area (TPSA) is 38.8 Å². The zero-order chi connectivity index (χ0) is 22.7. The SMILES string of the molecule is CCCCCCCCCCOC1C(=O)N(C(COCC)c2ccccc2)C1C(F)(F)F. The molecule has 0 aromatic heterocycles. The Bertz CT molecular complexity index is 639. The van der Waals surface area contributed by atoms with Crippen molar-refractivity contribution in [3.05, 3.63) is 35.9 Å².